The Bertz CT molecular complexity index is 1370. The Kier molecular flexibility index (Phi) is 8.04. The van der Waals surface area contributed by atoms with Crippen LogP contribution in [-0.2, 0) is 6.18 Å². The van der Waals surface area contributed by atoms with Crippen molar-refractivity contribution in [3.8, 4) is 0 Å². The summed E-state index contributed by atoms with van der Waals surface area (Å²) in [6.45, 7) is 7.02. The van der Waals surface area contributed by atoms with Gasteiger partial charge in [-0.05, 0) is 56.4 Å². The summed E-state index contributed by atoms with van der Waals surface area (Å²) in [7, 11) is 0. The van der Waals surface area contributed by atoms with Crippen LogP contribution in [0.2, 0.25) is 0 Å². The van der Waals surface area contributed by atoms with Gasteiger partial charge in [-0.25, -0.2) is 9.78 Å². The molecule has 1 aromatic carbocycles. The van der Waals surface area contributed by atoms with Gasteiger partial charge in [-0.15, -0.1) is 0 Å². The molecule has 2 fully saturated rings. The molecule has 0 radical (unpaired) electrons. The maximum atomic E-state index is 13.6. The Labute approximate surface area is 235 Å². The number of aromatic nitrogens is 2. The number of para-hydroxylation sites is 1. The number of aryl methyl sites for hydroxylation is 2. The number of pyridine rings is 1. The third-order valence-corrected chi connectivity index (χ3v) is 7.33. The summed E-state index contributed by atoms with van der Waals surface area (Å²) >= 11 is 0. The number of hydrogen-bond acceptors (Lipinski definition) is 7. The van der Waals surface area contributed by atoms with E-state index < -0.39 is 23.5 Å². The van der Waals surface area contributed by atoms with E-state index >= 15 is 0 Å². The summed E-state index contributed by atoms with van der Waals surface area (Å²) in [6, 6.07) is 8.72. The smallest absolute Gasteiger partial charge is 0.417 e. The third-order valence-electron chi connectivity index (χ3n) is 7.33. The molecule has 218 valence electrons. The number of piperazine rings is 1. The first-order valence-corrected chi connectivity index (χ1v) is 13.6. The first kappa shape index (κ1) is 28.2. The summed E-state index contributed by atoms with van der Waals surface area (Å²) in [5.74, 6) is -1.30. The number of benzene rings is 1. The molecule has 41 heavy (non-hydrogen) atoms. The molecule has 3 aromatic rings. The number of halogens is 3. The van der Waals surface area contributed by atoms with Gasteiger partial charge in [0.1, 0.15) is 5.82 Å². The number of nitrogens with one attached hydrogen (secondary N) is 2. The summed E-state index contributed by atoms with van der Waals surface area (Å²) in [4.78, 5) is 39.0. The lowest BCUT2D eigenvalue weighted by Gasteiger charge is -2.35. The van der Waals surface area contributed by atoms with Crippen molar-refractivity contribution in [1.82, 2.24) is 14.9 Å². The molecule has 4 heterocycles. The van der Waals surface area contributed by atoms with E-state index in [0.29, 0.717) is 45.1 Å². The van der Waals surface area contributed by atoms with E-state index in [1.54, 1.807) is 21.9 Å². The molecule has 3 amide bonds. The number of nitrogens with zero attached hydrogens (tertiary/aromatic N) is 5. The molecule has 2 aliphatic rings. The molecule has 0 aliphatic carbocycles. The number of anilines is 4. The van der Waals surface area contributed by atoms with Gasteiger partial charge in [-0.1, -0.05) is 18.2 Å². The van der Waals surface area contributed by atoms with Gasteiger partial charge < -0.3 is 29.8 Å². The number of hydrogen-bond donors (Lipinski definition) is 2. The minimum absolute atomic E-state index is 0.165. The van der Waals surface area contributed by atoms with Gasteiger partial charge in [-0.3, -0.25) is 4.79 Å². The van der Waals surface area contributed by atoms with Crippen molar-refractivity contribution in [2.24, 2.45) is 0 Å². The van der Waals surface area contributed by atoms with Crippen LogP contribution < -0.4 is 20.4 Å². The number of piperidine rings is 1. The number of rotatable bonds is 5. The van der Waals surface area contributed by atoms with Crippen molar-refractivity contribution in [3.63, 3.8) is 0 Å². The largest absolute Gasteiger partial charge is 0.437 e. The first-order chi connectivity index (χ1) is 19.6. The van der Waals surface area contributed by atoms with Crippen LogP contribution in [0.1, 0.15) is 46.6 Å². The van der Waals surface area contributed by atoms with Gasteiger partial charge >= 0.3 is 12.2 Å². The zero-order chi connectivity index (χ0) is 29.1. The summed E-state index contributed by atoms with van der Waals surface area (Å²) in [5.41, 5.74) is 1.67. The van der Waals surface area contributed by atoms with E-state index in [-0.39, 0.29) is 17.7 Å². The summed E-state index contributed by atoms with van der Waals surface area (Å²) < 4.78 is 46.3. The zero-order valence-corrected chi connectivity index (χ0v) is 22.9. The van der Waals surface area contributed by atoms with Crippen molar-refractivity contribution in [1.29, 1.82) is 0 Å². The normalized spacial score (nSPS) is 16.1. The molecule has 0 unspecified atom stereocenters. The molecule has 0 bridgehead atoms. The summed E-state index contributed by atoms with van der Waals surface area (Å²) in [5, 5.41) is 5.44. The average molecular weight is 572 g/mol. The Morgan fingerprint density at radius 3 is 2.17 bits per heavy atom. The third kappa shape index (κ3) is 6.39. The molecule has 0 atom stereocenters. The fraction of sp³-hybridized carbons (Fsp3) is 0.429. The molecule has 2 N–H and O–H groups in total. The quantitative estimate of drug-likeness (QED) is 0.428. The monoisotopic (exact) mass is 571 g/mol. The lowest BCUT2D eigenvalue weighted by molar-refractivity contribution is -0.141. The van der Waals surface area contributed by atoms with Crippen LogP contribution in [0, 0.1) is 13.8 Å². The molecule has 2 saturated heterocycles. The lowest BCUT2D eigenvalue weighted by atomic mass is 10.1. The number of carbonyl (C=O) groups is 2. The molecule has 10 nitrogen and oxygen atoms in total. The average Bonchev–Trinajstić information content (AvgIpc) is 3.43. The Morgan fingerprint density at radius 2 is 1.56 bits per heavy atom. The molecule has 0 spiro atoms. The SMILES string of the molecule is Cc1cccc(C)c1NC(=O)N1CCN(c2ccc(NC(=O)c3oc(N4CCCCC4)nc3C(F)(F)F)cn2)CC1. The van der Waals surface area contributed by atoms with Crippen LogP contribution >= 0.6 is 0 Å². The van der Waals surface area contributed by atoms with E-state index in [4.69, 9.17) is 4.42 Å². The van der Waals surface area contributed by atoms with E-state index in [1.807, 2.05) is 36.9 Å². The molecule has 2 aliphatic heterocycles. The second-order valence-electron chi connectivity index (χ2n) is 10.2. The topological polar surface area (TPSA) is 107 Å². The fourth-order valence-corrected chi connectivity index (χ4v) is 5.05. The maximum absolute atomic E-state index is 13.6. The second-order valence-corrected chi connectivity index (χ2v) is 10.2. The van der Waals surface area contributed by atoms with E-state index in [2.05, 4.69) is 20.6 Å². The van der Waals surface area contributed by atoms with Crippen LogP contribution in [0.25, 0.3) is 0 Å². The Hall–Kier alpha value is -4.29. The van der Waals surface area contributed by atoms with Crippen molar-refractivity contribution in [3.05, 3.63) is 59.1 Å². The Balaban J connectivity index is 1.19. The predicted octanol–water partition coefficient (Wildman–Crippen LogP) is 5.30. The highest BCUT2D eigenvalue weighted by Crippen LogP contribution is 2.35. The molecule has 0 saturated carbocycles. The van der Waals surface area contributed by atoms with Crippen molar-refractivity contribution >= 4 is 35.1 Å². The molecular weight excluding hydrogens is 539 g/mol. The summed E-state index contributed by atoms with van der Waals surface area (Å²) in [6.07, 6.45) is -0.845. The van der Waals surface area contributed by atoms with Crippen molar-refractivity contribution in [2.45, 2.75) is 39.3 Å². The molecule has 2 aromatic heterocycles. The Morgan fingerprint density at radius 1 is 0.878 bits per heavy atom. The zero-order valence-electron chi connectivity index (χ0n) is 22.9. The van der Waals surface area contributed by atoms with Gasteiger partial charge in [0.2, 0.25) is 5.76 Å². The molecule has 5 rings (SSSR count). The van der Waals surface area contributed by atoms with Crippen molar-refractivity contribution in [2.75, 3.05) is 59.7 Å². The van der Waals surface area contributed by atoms with Crippen LogP contribution in [0.4, 0.5) is 41.2 Å². The van der Waals surface area contributed by atoms with E-state index in [9.17, 15) is 22.8 Å². The van der Waals surface area contributed by atoms with E-state index in [0.717, 1.165) is 36.1 Å². The van der Waals surface area contributed by atoms with Crippen LogP contribution in [0.5, 0.6) is 0 Å². The number of carbonyl (C=O) groups excluding carboxylic acids is 2. The van der Waals surface area contributed by atoms with Gasteiger partial charge in [-0.2, -0.15) is 18.2 Å². The fourth-order valence-electron chi connectivity index (χ4n) is 5.05. The maximum Gasteiger partial charge on any atom is 0.437 e. The van der Waals surface area contributed by atoms with Gasteiger partial charge in [0.05, 0.1) is 11.9 Å². The number of amides is 3. The van der Waals surface area contributed by atoms with Crippen LogP contribution in [0.15, 0.2) is 40.9 Å². The predicted molar refractivity (Wildman–Crippen MR) is 148 cm³/mol. The van der Waals surface area contributed by atoms with Crippen molar-refractivity contribution < 1.29 is 27.2 Å². The lowest BCUT2D eigenvalue weighted by Crippen LogP contribution is -2.50. The van der Waals surface area contributed by atoms with Gasteiger partial charge in [0, 0.05) is 45.0 Å². The number of alkyl halides is 3. The standard InChI is InChI=1S/C28H32F3N7O3/c1-18-7-6-8-19(2)22(18)34-26(40)37-15-13-36(14-16-37)21-10-9-20(17-32-21)33-25(39)23-24(28(29,30)31)35-27(41-23)38-11-4-3-5-12-38/h6-10,17H,3-5,11-16H2,1-2H3,(H,33,39)(H,34,40). The minimum atomic E-state index is -4.84. The van der Waals surface area contributed by atoms with Gasteiger partial charge in [0.25, 0.3) is 11.9 Å². The first-order valence-electron chi connectivity index (χ1n) is 13.6. The number of urea groups is 1. The minimum Gasteiger partial charge on any atom is -0.417 e. The highest BCUT2D eigenvalue weighted by molar-refractivity contribution is 6.03. The highest BCUT2D eigenvalue weighted by atomic mass is 19.4. The van der Waals surface area contributed by atoms with Gasteiger partial charge in [0.15, 0.2) is 5.69 Å². The molecule has 13 heteroatoms. The van der Waals surface area contributed by atoms with E-state index in [1.165, 1.54) is 6.20 Å². The second kappa shape index (κ2) is 11.7. The van der Waals surface area contributed by atoms with Crippen LogP contribution in [-0.4, -0.2) is 66.1 Å². The van der Waals surface area contributed by atoms with Crippen LogP contribution in [0.3, 0.4) is 0 Å². The highest BCUT2D eigenvalue weighted by Gasteiger charge is 2.42. The number of oxazole rings is 1. The molecular formula is C28H32F3N7O3.